The molecule has 1 aliphatic carbocycles. The van der Waals surface area contributed by atoms with E-state index in [1.807, 2.05) is 0 Å². The number of aliphatic hydroxyl groups excluding tert-OH is 1. The minimum Gasteiger partial charge on any atom is -0.393 e. The molecule has 1 fully saturated rings. The Labute approximate surface area is 85.9 Å². The second kappa shape index (κ2) is 4.78. The standard InChI is InChI=1S/C11H21NO2/c1-3-11(6-7-11)8-12-10(14)5-4-9(2)13/h9,13H,3-8H2,1-2H3,(H,12,14). The molecule has 0 radical (unpaired) electrons. The van der Waals surface area contributed by atoms with Crippen LogP contribution in [0.15, 0.2) is 0 Å². The van der Waals surface area contributed by atoms with E-state index in [2.05, 4.69) is 12.2 Å². The van der Waals surface area contributed by atoms with E-state index in [0.29, 0.717) is 18.3 Å². The van der Waals surface area contributed by atoms with Crippen LogP contribution in [-0.2, 0) is 4.79 Å². The van der Waals surface area contributed by atoms with Gasteiger partial charge < -0.3 is 10.4 Å². The first kappa shape index (κ1) is 11.5. The van der Waals surface area contributed by atoms with Crippen molar-refractivity contribution in [1.82, 2.24) is 5.32 Å². The van der Waals surface area contributed by atoms with Gasteiger partial charge in [-0.25, -0.2) is 0 Å². The zero-order chi connectivity index (χ0) is 10.6. The molecule has 0 aromatic rings. The number of amides is 1. The highest BCUT2D eigenvalue weighted by molar-refractivity contribution is 5.75. The van der Waals surface area contributed by atoms with E-state index in [9.17, 15) is 4.79 Å². The molecule has 3 heteroatoms. The molecule has 82 valence electrons. The molecule has 0 bridgehead atoms. The zero-order valence-corrected chi connectivity index (χ0v) is 9.18. The van der Waals surface area contributed by atoms with Gasteiger partial charge in [0.2, 0.25) is 5.91 Å². The smallest absolute Gasteiger partial charge is 0.220 e. The van der Waals surface area contributed by atoms with Crippen molar-refractivity contribution in [2.75, 3.05) is 6.54 Å². The number of carbonyl (C=O) groups is 1. The van der Waals surface area contributed by atoms with Gasteiger partial charge in [-0.05, 0) is 38.0 Å². The molecule has 0 aromatic heterocycles. The molecule has 1 rings (SSSR count). The lowest BCUT2D eigenvalue weighted by Crippen LogP contribution is -2.30. The Balaban J connectivity index is 2.09. The minimum absolute atomic E-state index is 0.0747. The van der Waals surface area contributed by atoms with Gasteiger partial charge in [0.1, 0.15) is 0 Å². The molecule has 0 aromatic carbocycles. The van der Waals surface area contributed by atoms with Gasteiger partial charge in [-0.1, -0.05) is 6.92 Å². The molecule has 3 nitrogen and oxygen atoms in total. The summed E-state index contributed by atoms with van der Waals surface area (Å²) >= 11 is 0. The molecule has 0 saturated heterocycles. The Morgan fingerprint density at radius 2 is 2.21 bits per heavy atom. The first-order valence-electron chi connectivity index (χ1n) is 5.53. The Kier molecular flexibility index (Phi) is 3.93. The van der Waals surface area contributed by atoms with Crippen LogP contribution in [0.3, 0.4) is 0 Å². The molecule has 1 unspecified atom stereocenters. The summed E-state index contributed by atoms with van der Waals surface area (Å²) in [4.78, 5) is 11.3. The average molecular weight is 199 g/mol. The van der Waals surface area contributed by atoms with Crippen LogP contribution in [0.4, 0.5) is 0 Å². The maximum Gasteiger partial charge on any atom is 0.220 e. The largest absolute Gasteiger partial charge is 0.393 e. The quantitative estimate of drug-likeness (QED) is 0.680. The van der Waals surface area contributed by atoms with Crippen molar-refractivity contribution in [2.24, 2.45) is 5.41 Å². The molecular formula is C11H21NO2. The predicted octanol–water partition coefficient (Wildman–Crippen LogP) is 1.45. The van der Waals surface area contributed by atoms with Crippen molar-refractivity contribution in [3.05, 3.63) is 0 Å². The Bertz CT molecular complexity index is 197. The summed E-state index contributed by atoms with van der Waals surface area (Å²) in [7, 11) is 0. The van der Waals surface area contributed by atoms with Crippen LogP contribution in [0.25, 0.3) is 0 Å². The molecule has 1 amide bonds. The topological polar surface area (TPSA) is 49.3 Å². The number of hydrogen-bond acceptors (Lipinski definition) is 2. The first-order chi connectivity index (χ1) is 6.58. The number of nitrogens with one attached hydrogen (secondary N) is 1. The number of carbonyl (C=O) groups excluding carboxylic acids is 1. The van der Waals surface area contributed by atoms with Crippen molar-refractivity contribution in [3.8, 4) is 0 Å². The van der Waals surface area contributed by atoms with Crippen LogP contribution in [0, 0.1) is 5.41 Å². The molecule has 0 spiro atoms. The van der Waals surface area contributed by atoms with E-state index >= 15 is 0 Å². The maximum absolute atomic E-state index is 11.3. The van der Waals surface area contributed by atoms with Gasteiger partial charge in [-0.15, -0.1) is 0 Å². The van der Waals surface area contributed by atoms with Gasteiger partial charge in [0, 0.05) is 13.0 Å². The molecular weight excluding hydrogens is 178 g/mol. The van der Waals surface area contributed by atoms with Crippen molar-refractivity contribution >= 4 is 5.91 Å². The molecule has 1 aliphatic rings. The fourth-order valence-electron chi connectivity index (χ4n) is 1.55. The van der Waals surface area contributed by atoms with Crippen LogP contribution < -0.4 is 5.32 Å². The first-order valence-corrected chi connectivity index (χ1v) is 5.53. The van der Waals surface area contributed by atoms with Crippen LogP contribution in [0.2, 0.25) is 0 Å². The van der Waals surface area contributed by atoms with E-state index < -0.39 is 0 Å². The molecule has 0 aliphatic heterocycles. The fraction of sp³-hybridized carbons (Fsp3) is 0.909. The van der Waals surface area contributed by atoms with Gasteiger partial charge in [0.05, 0.1) is 6.10 Å². The van der Waals surface area contributed by atoms with Crippen molar-refractivity contribution < 1.29 is 9.90 Å². The maximum atomic E-state index is 11.3. The van der Waals surface area contributed by atoms with Gasteiger partial charge in [-0.3, -0.25) is 4.79 Å². The monoisotopic (exact) mass is 199 g/mol. The summed E-state index contributed by atoms with van der Waals surface area (Å²) in [5.74, 6) is 0.0747. The third-order valence-electron chi connectivity index (χ3n) is 3.16. The average Bonchev–Trinajstić information content (AvgIpc) is 2.92. The normalized spacial score (nSPS) is 20.2. The lowest BCUT2D eigenvalue weighted by atomic mass is 10.0. The highest BCUT2D eigenvalue weighted by Crippen LogP contribution is 2.47. The number of hydrogen-bond donors (Lipinski definition) is 2. The summed E-state index contributed by atoms with van der Waals surface area (Å²) in [5, 5.41) is 11.9. The van der Waals surface area contributed by atoms with E-state index in [-0.39, 0.29) is 12.0 Å². The molecule has 0 heterocycles. The second-order valence-corrected chi connectivity index (χ2v) is 4.52. The lowest BCUT2D eigenvalue weighted by molar-refractivity contribution is -0.121. The SMILES string of the molecule is CCC1(CNC(=O)CCC(C)O)CC1. The Hall–Kier alpha value is -0.570. The van der Waals surface area contributed by atoms with Gasteiger partial charge in [0.15, 0.2) is 0 Å². The molecule has 2 N–H and O–H groups in total. The summed E-state index contributed by atoms with van der Waals surface area (Å²) in [6, 6.07) is 0. The van der Waals surface area contributed by atoms with E-state index in [1.165, 1.54) is 12.8 Å². The highest BCUT2D eigenvalue weighted by atomic mass is 16.3. The number of rotatable bonds is 6. The van der Waals surface area contributed by atoms with E-state index in [1.54, 1.807) is 6.92 Å². The Morgan fingerprint density at radius 1 is 1.57 bits per heavy atom. The molecule has 1 atom stereocenters. The minimum atomic E-state index is -0.373. The third-order valence-corrected chi connectivity index (χ3v) is 3.16. The van der Waals surface area contributed by atoms with Crippen molar-refractivity contribution in [2.45, 2.75) is 52.1 Å². The van der Waals surface area contributed by atoms with Gasteiger partial charge >= 0.3 is 0 Å². The summed E-state index contributed by atoms with van der Waals surface area (Å²) < 4.78 is 0. The van der Waals surface area contributed by atoms with Crippen molar-refractivity contribution in [3.63, 3.8) is 0 Å². The summed E-state index contributed by atoms with van der Waals surface area (Å²) in [6.45, 7) is 4.71. The van der Waals surface area contributed by atoms with E-state index in [4.69, 9.17) is 5.11 Å². The molecule has 14 heavy (non-hydrogen) atoms. The van der Waals surface area contributed by atoms with Gasteiger partial charge in [-0.2, -0.15) is 0 Å². The predicted molar refractivity (Wildman–Crippen MR) is 55.9 cm³/mol. The lowest BCUT2D eigenvalue weighted by Gasteiger charge is -2.13. The van der Waals surface area contributed by atoms with Crippen LogP contribution >= 0.6 is 0 Å². The Morgan fingerprint density at radius 3 is 2.64 bits per heavy atom. The second-order valence-electron chi connectivity index (χ2n) is 4.52. The van der Waals surface area contributed by atoms with Crippen molar-refractivity contribution in [1.29, 1.82) is 0 Å². The third kappa shape index (κ3) is 3.66. The van der Waals surface area contributed by atoms with E-state index in [0.717, 1.165) is 13.0 Å². The van der Waals surface area contributed by atoms with Crippen LogP contribution in [0.1, 0.15) is 46.0 Å². The fourth-order valence-corrected chi connectivity index (χ4v) is 1.55. The summed E-state index contributed by atoms with van der Waals surface area (Å²) in [5.41, 5.74) is 0.417. The van der Waals surface area contributed by atoms with Gasteiger partial charge in [0.25, 0.3) is 0 Å². The van der Waals surface area contributed by atoms with Crippen LogP contribution in [-0.4, -0.2) is 23.7 Å². The zero-order valence-electron chi connectivity index (χ0n) is 9.18. The summed E-state index contributed by atoms with van der Waals surface area (Å²) in [6.07, 6.45) is 4.29. The number of aliphatic hydroxyl groups is 1. The van der Waals surface area contributed by atoms with Crippen LogP contribution in [0.5, 0.6) is 0 Å². The highest BCUT2D eigenvalue weighted by Gasteiger charge is 2.40. The molecule has 1 saturated carbocycles.